The van der Waals surface area contributed by atoms with Crippen molar-refractivity contribution < 1.29 is 4.42 Å². The summed E-state index contributed by atoms with van der Waals surface area (Å²) in [6.45, 7) is 0. The third kappa shape index (κ3) is 2.92. The fourth-order valence-electron chi connectivity index (χ4n) is 6.14. The van der Waals surface area contributed by atoms with Crippen LogP contribution in [0.4, 0.5) is 0 Å². The monoisotopic (exact) mass is 470 g/mol. The minimum atomic E-state index is 0.921. The molecule has 1 nitrogen and oxygen atoms in total. The summed E-state index contributed by atoms with van der Waals surface area (Å²) >= 11 is 0. The van der Waals surface area contributed by atoms with Crippen molar-refractivity contribution in [3.63, 3.8) is 0 Å². The SMILES string of the molecule is c1ccc2c(-c3c4ccccc4c(-c4cccc5oc6ccccc6c45)c4ccccc34)cccc2c1. The van der Waals surface area contributed by atoms with E-state index in [9.17, 15) is 0 Å². The van der Waals surface area contributed by atoms with Crippen LogP contribution in [0.3, 0.4) is 0 Å². The van der Waals surface area contributed by atoms with Gasteiger partial charge in [0, 0.05) is 10.8 Å². The van der Waals surface area contributed by atoms with Crippen molar-refractivity contribution in [3.05, 3.63) is 133 Å². The quantitative estimate of drug-likeness (QED) is 0.229. The lowest BCUT2D eigenvalue weighted by atomic mass is 9.84. The largest absolute Gasteiger partial charge is 0.456 e. The number of para-hydroxylation sites is 1. The highest BCUT2D eigenvalue weighted by Crippen LogP contribution is 2.47. The summed E-state index contributed by atoms with van der Waals surface area (Å²) in [5.41, 5.74) is 6.86. The first-order valence-electron chi connectivity index (χ1n) is 12.7. The Hall–Kier alpha value is -4.88. The number of rotatable bonds is 2. The van der Waals surface area contributed by atoms with Crippen molar-refractivity contribution >= 4 is 54.3 Å². The van der Waals surface area contributed by atoms with Crippen molar-refractivity contribution in [1.82, 2.24) is 0 Å². The molecule has 0 spiro atoms. The van der Waals surface area contributed by atoms with Crippen LogP contribution in [0, 0.1) is 0 Å². The first-order chi connectivity index (χ1) is 18.4. The van der Waals surface area contributed by atoms with E-state index in [-0.39, 0.29) is 0 Å². The van der Waals surface area contributed by atoms with Gasteiger partial charge in [-0.1, -0.05) is 121 Å². The highest BCUT2D eigenvalue weighted by atomic mass is 16.3. The van der Waals surface area contributed by atoms with Gasteiger partial charge in [0.05, 0.1) is 0 Å². The molecule has 0 unspecified atom stereocenters. The Morgan fingerprint density at radius 2 is 0.784 bits per heavy atom. The molecule has 0 saturated carbocycles. The second-order valence-corrected chi connectivity index (χ2v) is 9.64. The first-order valence-corrected chi connectivity index (χ1v) is 12.7. The highest BCUT2D eigenvalue weighted by molar-refractivity contribution is 6.26. The average Bonchev–Trinajstić information content (AvgIpc) is 3.35. The normalized spacial score (nSPS) is 11.8. The Labute approximate surface area is 214 Å². The van der Waals surface area contributed by atoms with Crippen molar-refractivity contribution in [1.29, 1.82) is 0 Å². The van der Waals surface area contributed by atoms with Gasteiger partial charge >= 0.3 is 0 Å². The molecule has 37 heavy (non-hydrogen) atoms. The predicted molar refractivity (Wildman–Crippen MR) is 157 cm³/mol. The summed E-state index contributed by atoms with van der Waals surface area (Å²) in [5, 5.41) is 9.88. The summed E-state index contributed by atoms with van der Waals surface area (Å²) in [4.78, 5) is 0. The molecular formula is C36H22O. The van der Waals surface area contributed by atoms with Gasteiger partial charge in [0.15, 0.2) is 0 Å². The van der Waals surface area contributed by atoms with Gasteiger partial charge in [0.1, 0.15) is 11.2 Å². The Morgan fingerprint density at radius 1 is 0.324 bits per heavy atom. The van der Waals surface area contributed by atoms with E-state index in [4.69, 9.17) is 4.42 Å². The smallest absolute Gasteiger partial charge is 0.136 e. The van der Waals surface area contributed by atoms with Gasteiger partial charge < -0.3 is 4.42 Å². The van der Waals surface area contributed by atoms with Gasteiger partial charge in [-0.2, -0.15) is 0 Å². The second-order valence-electron chi connectivity index (χ2n) is 9.64. The molecule has 172 valence electrons. The lowest BCUT2D eigenvalue weighted by Gasteiger charge is -2.19. The van der Waals surface area contributed by atoms with Crippen LogP contribution in [0.1, 0.15) is 0 Å². The van der Waals surface area contributed by atoms with Gasteiger partial charge in [-0.25, -0.2) is 0 Å². The van der Waals surface area contributed by atoms with E-state index in [0.717, 1.165) is 16.6 Å². The van der Waals surface area contributed by atoms with Crippen LogP contribution in [-0.4, -0.2) is 0 Å². The molecule has 0 atom stereocenters. The van der Waals surface area contributed by atoms with Gasteiger partial charge in [0.2, 0.25) is 0 Å². The van der Waals surface area contributed by atoms with Crippen LogP contribution in [0.15, 0.2) is 138 Å². The third-order valence-corrected chi connectivity index (χ3v) is 7.66. The van der Waals surface area contributed by atoms with Crippen molar-refractivity contribution in [3.8, 4) is 22.3 Å². The van der Waals surface area contributed by atoms with Crippen LogP contribution >= 0.6 is 0 Å². The molecule has 0 fully saturated rings. The zero-order valence-electron chi connectivity index (χ0n) is 20.1. The Balaban J connectivity index is 1.59. The van der Waals surface area contributed by atoms with E-state index >= 15 is 0 Å². The zero-order valence-corrected chi connectivity index (χ0v) is 20.1. The molecule has 1 aromatic heterocycles. The lowest BCUT2D eigenvalue weighted by molar-refractivity contribution is 0.669. The predicted octanol–water partition coefficient (Wildman–Crippen LogP) is 10.4. The van der Waals surface area contributed by atoms with Gasteiger partial charge in [-0.3, -0.25) is 0 Å². The van der Waals surface area contributed by atoms with Crippen molar-refractivity contribution in [2.24, 2.45) is 0 Å². The molecule has 8 rings (SSSR count). The van der Waals surface area contributed by atoms with Crippen LogP contribution in [0.25, 0.3) is 76.5 Å². The molecule has 8 aromatic rings. The molecule has 0 aliphatic heterocycles. The summed E-state index contributed by atoms with van der Waals surface area (Å²) in [5.74, 6) is 0. The van der Waals surface area contributed by atoms with Gasteiger partial charge in [-0.15, -0.1) is 0 Å². The number of furan rings is 1. The molecule has 1 heteroatoms. The van der Waals surface area contributed by atoms with E-state index < -0.39 is 0 Å². The van der Waals surface area contributed by atoms with Gasteiger partial charge in [-0.05, 0) is 66.7 Å². The van der Waals surface area contributed by atoms with Crippen LogP contribution in [-0.2, 0) is 0 Å². The van der Waals surface area contributed by atoms with Crippen LogP contribution < -0.4 is 0 Å². The molecule has 0 bridgehead atoms. The summed E-state index contributed by atoms with van der Waals surface area (Å²) in [6.07, 6.45) is 0. The van der Waals surface area contributed by atoms with E-state index in [1.165, 1.54) is 60.0 Å². The van der Waals surface area contributed by atoms with E-state index in [1.807, 2.05) is 6.07 Å². The Morgan fingerprint density at radius 3 is 1.49 bits per heavy atom. The highest BCUT2D eigenvalue weighted by Gasteiger charge is 2.20. The molecule has 0 radical (unpaired) electrons. The summed E-state index contributed by atoms with van der Waals surface area (Å²) in [7, 11) is 0. The maximum atomic E-state index is 6.28. The maximum Gasteiger partial charge on any atom is 0.136 e. The minimum absolute atomic E-state index is 0.921. The van der Waals surface area contributed by atoms with Crippen molar-refractivity contribution in [2.45, 2.75) is 0 Å². The molecule has 0 saturated heterocycles. The Kier molecular flexibility index (Phi) is 4.29. The fourth-order valence-corrected chi connectivity index (χ4v) is 6.14. The topological polar surface area (TPSA) is 13.1 Å². The van der Waals surface area contributed by atoms with Gasteiger partial charge in [0.25, 0.3) is 0 Å². The number of benzene rings is 7. The molecule has 0 amide bonds. The molecule has 7 aromatic carbocycles. The third-order valence-electron chi connectivity index (χ3n) is 7.66. The molecule has 0 N–H and O–H groups in total. The maximum absolute atomic E-state index is 6.28. The van der Waals surface area contributed by atoms with E-state index in [2.05, 4.69) is 127 Å². The summed E-state index contributed by atoms with van der Waals surface area (Å²) < 4.78 is 6.28. The number of hydrogen-bond acceptors (Lipinski definition) is 1. The Bertz CT molecular complexity index is 2080. The number of fused-ring (bicyclic) bond motifs is 6. The lowest BCUT2D eigenvalue weighted by Crippen LogP contribution is -1.92. The molecular weight excluding hydrogens is 448 g/mol. The van der Waals surface area contributed by atoms with E-state index in [0.29, 0.717) is 0 Å². The second kappa shape index (κ2) is 7.81. The first kappa shape index (κ1) is 20.3. The summed E-state index contributed by atoms with van der Waals surface area (Å²) in [6, 6.07) is 47.8. The fraction of sp³-hybridized carbons (Fsp3) is 0. The average molecular weight is 471 g/mol. The van der Waals surface area contributed by atoms with Crippen LogP contribution in [0.2, 0.25) is 0 Å². The zero-order chi connectivity index (χ0) is 24.3. The van der Waals surface area contributed by atoms with Crippen LogP contribution in [0.5, 0.6) is 0 Å². The molecule has 0 aliphatic carbocycles. The number of hydrogen-bond donors (Lipinski definition) is 0. The molecule has 1 heterocycles. The van der Waals surface area contributed by atoms with E-state index in [1.54, 1.807) is 0 Å². The molecule has 0 aliphatic rings. The standard InChI is InChI=1S/C36H22O/c1-2-13-24-23(11-1)12-9-19-25(24)34-26-14-3-5-16-28(26)35(29-17-6-4-15-27(29)34)31-20-10-22-33-36(31)30-18-7-8-21-32(30)37-33/h1-22H. The minimum Gasteiger partial charge on any atom is -0.456 e. The van der Waals surface area contributed by atoms with Crippen molar-refractivity contribution in [2.75, 3.05) is 0 Å².